The predicted molar refractivity (Wildman–Crippen MR) is 77.9 cm³/mol. The van der Waals surface area contributed by atoms with Crippen LogP contribution in [0.4, 0.5) is 10.2 Å². The Labute approximate surface area is 120 Å². The van der Waals surface area contributed by atoms with E-state index in [9.17, 15) is 4.39 Å². The number of pyridine rings is 1. The van der Waals surface area contributed by atoms with E-state index in [1.807, 2.05) is 0 Å². The molecule has 0 unspecified atom stereocenters. The Morgan fingerprint density at radius 2 is 1.80 bits per heavy atom. The van der Waals surface area contributed by atoms with Crippen LogP contribution in [0.5, 0.6) is 0 Å². The highest BCUT2D eigenvalue weighted by molar-refractivity contribution is 5.35. The molecule has 4 bridgehead atoms. The maximum Gasteiger partial charge on any atom is 0.165 e. The van der Waals surface area contributed by atoms with Gasteiger partial charge in [0.05, 0.1) is 0 Å². The fourth-order valence-electron chi connectivity index (χ4n) is 5.56. The highest BCUT2D eigenvalue weighted by Gasteiger charge is 2.50. The molecule has 0 spiro atoms. The van der Waals surface area contributed by atoms with Gasteiger partial charge in [0.25, 0.3) is 0 Å². The van der Waals surface area contributed by atoms with E-state index in [0.717, 1.165) is 24.3 Å². The van der Waals surface area contributed by atoms with Crippen molar-refractivity contribution < 1.29 is 4.39 Å². The van der Waals surface area contributed by atoms with E-state index >= 15 is 0 Å². The molecule has 4 aliphatic carbocycles. The molecule has 108 valence electrons. The molecular formula is C17H23FN2. The summed E-state index contributed by atoms with van der Waals surface area (Å²) in [6, 6.07) is 3.11. The average Bonchev–Trinajstić information content (AvgIpc) is 2.39. The van der Waals surface area contributed by atoms with E-state index in [1.165, 1.54) is 51.0 Å². The Morgan fingerprint density at radius 3 is 2.40 bits per heavy atom. The second-order valence-electron chi connectivity index (χ2n) is 7.43. The third-order valence-electron chi connectivity index (χ3n) is 5.87. The first-order valence-electron chi connectivity index (χ1n) is 8.07. The zero-order chi connectivity index (χ0) is 13.6. The number of nitrogens with one attached hydrogen (secondary N) is 1. The maximum atomic E-state index is 13.5. The molecule has 0 amide bonds. The Kier molecular flexibility index (Phi) is 2.97. The van der Waals surface area contributed by atoms with Crippen LogP contribution in [-0.4, -0.2) is 11.5 Å². The van der Waals surface area contributed by atoms with Crippen LogP contribution in [0.2, 0.25) is 0 Å². The van der Waals surface area contributed by atoms with Crippen molar-refractivity contribution in [2.75, 3.05) is 11.9 Å². The summed E-state index contributed by atoms with van der Waals surface area (Å²) in [6.45, 7) is 0.861. The number of nitrogens with zero attached hydrogens (tertiary/aromatic N) is 1. The minimum atomic E-state index is -0.238. The summed E-state index contributed by atoms with van der Waals surface area (Å²) in [4.78, 5) is 4.08. The van der Waals surface area contributed by atoms with Crippen LogP contribution < -0.4 is 5.32 Å². The zero-order valence-electron chi connectivity index (χ0n) is 11.9. The summed E-state index contributed by atoms with van der Waals surface area (Å²) >= 11 is 0. The lowest BCUT2D eigenvalue weighted by atomic mass is 9.49. The molecule has 4 aliphatic rings. The molecule has 4 saturated carbocycles. The Bertz CT molecular complexity index is 464. The molecule has 0 atom stereocenters. The van der Waals surface area contributed by atoms with Gasteiger partial charge in [0.2, 0.25) is 0 Å². The Morgan fingerprint density at radius 1 is 1.15 bits per heavy atom. The normalized spacial score (nSPS) is 38.1. The number of halogens is 1. The molecule has 1 aromatic rings. The number of anilines is 1. The average molecular weight is 274 g/mol. The SMILES string of the molecule is Fc1cccnc1NCCC12CC3CC(CC(C3)C1)C2. The van der Waals surface area contributed by atoms with Crippen LogP contribution in [0, 0.1) is 29.0 Å². The van der Waals surface area contributed by atoms with Gasteiger partial charge in [-0.25, -0.2) is 9.37 Å². The lowest BCUT2D eigenvalue weighted by Gasteiger charge is -2.57. The van der Waals surface area contributed by atoms with Gasteiger partial charge in [-0.05, 0) is 80.2 Å². The zero-order valence-corrected chi connectivity index (χ0v) is 11.9. The first kappa shape index (κ1) is 12.6. The minimum absolute atomic E-state index is 0.238. The first-order valence-corrected chi connectivity index (χ1v) is 8.07. The van der Waals surface area contributed by atoms with Crippen molar-refractivity contribution in [3.05, 3.63) is 24.1 Å². The molecule has 0 saturated heterocycles. The molecule has 0 aliphatic heterocycles. The third kappa shape index (κ3) is 2.21. The summed E-state index contributed by atoms with van der Waals surface area (Å²) in [5.74, 6) is 3.16. The smallest absolute Gasteiger partial charge is 0.165 e. The summed E-state index contributed by atoms with van der Waals surface area (Å²) in [5.41, 5.74) is 0.563. The topological polar surface area (TPSA) is 24.9 Å². The van der Waals surface area contributed by atoms with Crippen molar-refractivity contribution in [2.45, 2.75) is 44.9 Å². The molecule has 0 radical (unpaired) electrons. The minimum Gasteiger partial charge on any atom is -0.368 e. The van der Waals surface area contributed by atoms with E-state index < -0.39 is 0 Å². The van der Waals surface area contributed by atoms with Crippen molar-refractivity contribution in [3.8, 4) is 0 Å². The quantitative estimate of drug-likeness (QED) is 0.888. The number of aromatic nitrogens is 1. The number of hydrogen-bond donors (Lipinski definition) is 1. The Balaban J connectivity index is 1.39. The number of hydrogen-bond acceptors (Lipinski definition) is 2. The molecular weight excluding hydrogens is 251 g/mol. The van der Waals surface area contributed by atoms with Gasteiger partial charge in [0.1, 0.15) is 0 Å². The second kappa shape index (κ2) is 4.71. The van der Waals surface area contributed by atoms with E-state index in [1.54, 1.807) is 12.3 Å². The van der Waals surface area contributed by atoms with E-state index in [2.05, 4.69) is 10.3 Å². The van der Waals surface area contributed by atoms with Gasteiger partial charge in [0.15, 0.2) is 11.6 Å². The maximum absolute atomic E-state index is 13.5. The first-order chi connectivity index (χ1) is 9.72. The molecule has 20 heavy (non-hydrogen) atoms. The molecule has 0 aromatic carbocycles. The van der Waals surface area contributed by atoms with E-state index in [-0.39, 0.29) is 5.82 Å². The number of rotatable bonds is 4. The van der Waals surface area contributed by atoms with Crippen LogP contribution in [0.15, 0.2) is 18.3 Å². The second-order valence-corrected chi connectivity index (χ2v) is 7.43. The molecule has 1 aromatic heterocycles. The van der Waals surface area contributed by atoms with Crippen LogP contribution in [-0.2, 0) is 0 Å². The van der Waals surface area contributed by atoms with Crippen LogP contribution >= 0.6 is 0 Å². The van der Waals surface area contributed by atoms with E-state index in [4.69, 9.17) is 0 Å². The summed E-state index contributed by atoms with van der Waals surface area (Å²) in [7, 11) is 0. The monoisotopic (exact) mass is 274 g/mol. The van der Waals surface area contributed by atoms with Crippen molar-refractivity contribution >= 4 is 5.82 Å². The summed E-state index contributed by atoms with van der Waals surface area (Å²) in [5, 5.41) is 3.20. The van der Waals surface area contributed by atoms with Crippen LogP contribution in [0.25, 0.3) is 0 Å². The molecule has 2 nitrogen and oxygen atoms in total. The molecule has 3 heteroatoms. The summed E-state index contributed by atoms with van der Waals surface area (Å²) < 4.78 is 13.5. The van der Waals surface area contributed by atoms with Crippen LogP contribution in [0.1, 0.15) is 44.9 Å². The molecule has 1 N–H and O–H groups in total. The lowest BCUT2D eigenvalue weighted by Crippen LogP contribution is -2.46. The largest absolute Gasteiger partial charge is 0.368 e. The van der Waals surface area contributed by atoms with Gasteiger partial charge in [0, 0.05) is 12.7 Å². The van der Waals surface area contributed by atoms with Gasteiger partial charge < -0.3 is 5.32 Å². The van der Waals surface area contributed by atoms with Crippen molar-refractivity contribution in [3.63, 3.8) is 0 Å². The van der Waals surface area contributed by atoms with Crippen molar-refractivity contribution in [1.82, 2.24) is 4.98 Å². The third-order valence-corrected chi connectivity index (χ3v) is 5.87. The fraction of sp³-hybridized carbons (Fsp3) is 0.706. The highest BCUT2D eigenvalue weighted by atomic mass is 19.1. The Hall–Kier alpha value is -1.12. The van der Waals surface area contributed by atoms with Crippen LogP contribution in [0.3, 0.4) is 0 Å². The predicted octanol–water partition coefficient (Wildman–Crippen LogP) is 4.24. The highest BCUT2D eigenvalue weighted by Crippen LogP contribution is 2.61. The lowest BCUT2D eigenvalue weighted by molar-refractivity contribution is -0.0552. The fourth-order valence-corrected chi connectivity index (χ4v) is 5.56. The molecule has 4 fully saturated rings. The van der Waals surface area contributed by atoms with Crippen molar-refractivity contribution in [2.24, 2.45) is 23.2 Å². The standard InChI is InChI=1S/C17H23FN2/c18-15-2-1-4-19-16(15)20-5-3-17-9-12-6-13(10-17)8-14(7-12)11-17/h1-2,4,12-14H,3,5-11H2,(H,19,20). The van der Waals surface area contributed by atoms with Gasteiger partial charge in [-0.1, -0.05) is 0 Å². The summed E-state index contributed by atoms with van der Waals surface area (Å²) in [6.07, 6.45) is 11.6. The molecule has 5 rings (SSSR count). The van der Waals surface area contributed by atoms with Gasteiger partial charge in [-0.2, -0.15) is 0 Å². The van der Waals surface area contributed by atoms with Gasteiger partial charge >= 0.3 is 0 Å². The molecule has 1 heterocycles. The van der Waals surface area contributed by atoms with E-state index in [0.29, 0.717) is 11.2 Å². The van der Waals surface area contributed by atoms with Gasteiger partial charge in [-0.3, -0.25) is 0 Å². The van der Waals surface area contributed by atoms with Gasteiger partial charge in [-0.15, -0.1) is 0 Å². The van der Waals surface area contributed by atoms with Crippen molar-refractivity contribution in [1.29, 1.82) is 0 Å².